The zero-order valence-corrected chi connectivity index (χ0v) is 22.4. The zero-order chi connectivity index (χ0) is 28.3. The van der Waals surface area contributed by atoms with Gasteiger partial charge in [-0.15, -0.1) is 0 Å². The van der Waals surface area contributed by atoms with Crippen LogP contribution in [0.1, 0.15) is 47.2 Å². The SMILES string of the molecule is O=C(O)/C=C/c1ccc(/C(=C(\c2ncc(C(F)(F)F)cc2Cl)C2CCC2)c2ccc(N3CCOCC3)cc2)cc1. The number of halogens is 4. The average molecular weight is 569 g/mol. The normalized spacial score (nSPS) is 17.1. The molecule has 1 aliphatic heterocycles. The first-order chi connectivity index (χ1) is 19.2. The molecule has 9 heteroatoms. The van der Waals surface area contributed by atoms with Gasteiger partial charge in [0.15, 0.2) is 0 Å². The maximum atomic E-state index is 13.4. The van der Waals surface area contributed by atoms with E-state index in [-0.39, 0.29) is 10.9 Å². The number of allylic oxidation sites excluding steroid dienone is 1. The van der Waals surface area contributed by atoms with Gasteiger partial charge >= 0.3 is 12.1 Å². The third kappa shape index (κ3) is 6.24. The van der Waals surface area contributed by atoms with E-state index in [2.05, 4.69) is 9.88 Å². The topological polar surface area (TPSA) is 62.7 Å². The number of ether oxygens (including phenoxy) is 1. The molecule has 208 valence electrons. The molecule has 1 saturated carbocycles. The van der Waals surface area contributed by atoms with E-state index in [0.717, 1.165) is 78.7 Å². The molecule has 2 fully saturated rings. The van der Waals surface area contributed by atoms with Gasteiger partial charge in [-0.05, 0) is 70.9 Å². The van der Waals surface area contributed by atoms with Gasteiger partial charge in [0.2, 0.25) is 0 Å². The highest BCUT2D eigenvalue weighted by atomic mass is 35.5. The van der Waals surface area contributed by atoms with Crippen molar-refractivity contribution in [2.45, 2.75) is 25.4 Å². The Morgan fingerprint density at radius 2 is 1.65 bits per heavy atom. The second kappa shape index (κ2) is 11.9. The van der Waals surface area contributed by atoms with Crippen molar-refractivity contribution in [1.82, 2.24) is 4.98 Å². The summed E-state index contributed by atoms with van der Waals surface area (Å²) in [6.45, 7) is 2.93. The summed E-state index contributed by atoms with van der Waals surface area (Å²) >= 11 is 6.52. The van der Waals surface area contributed by atoms with Crippen molar-refractivity contribution in [1.29, 1.82) is 0 Å². The standard InChI is InChI=1S/C31H28ClF3N2O3/c32-26-18-24(31(33,34)35)19-36-30(26)29(21-2-1-3-21)28(22-7-4-20(5-8-22)6-13-27(38)39)23-9-11-25(12-10-23)37-14-16-40-17-15-37/h4-13,18-19,21H,1-3,14-17H2,(H,38,39)/b13-6+,29-28+. The largest absolute Gasteiger partial charge is 0.478 e. The third-order valence-corrected chi connectivity index (χ3v) is 7.64. The molecule has 1 saturated heterocycles. The number of pyridine rings is 1. The van der Waals surface area contributed by atoms with Crippen LogP contribution in [0.25, 0.3) is 17.2 Å². The molecule has 0 amide bonds. The van der Waals surface area contributed by atoms with Crippen LogP contribution in [-0.2, 0) is 15.7 Å². The molecule has 5 rings (SSSR count). The van der Waals surface area contributed by atoms with Gasteiger partial charge in [0, 0.05) is 31.0 Å². The van der Waals surface area contributed by atoms with Gasteiger partial charge < -0.3 is 14.7 Å². The van der Waals surface area contributed by atoms with Gasteiger partial charge in [0.05, 0.1) is 29.5 Å². The summed E-state index contributed by atoms with van der Waals surface area (Å²) in [5.41, 5.74) is 4.64. The molecule has 2 aliphatic rings. The molecule has 2 aromatic carbocycles. The van der Waals surface area contributed by atoms with Crippen molar-refractivity contribution in [2.75, 3.05) is 31.2 Å². The Kier molecular flexibility index (Phi) is 8.28. The monoisotopic (exact) mass is 568 g/mol. The quantitative estimate of drug-likeness (QED) is 0.300. The molecule has 0 bridgehead atoms. The van der Waals surface area contributed by atoms with Gasteiger partial charge in [-0.2, -0.15) is 13.2 Å². The Morgan fingerprint density at radius 3 is 2.17 bits per heavy atom. The smallest absolute Gasteiger partial charge is 0.417 e. The zero-order valence-electron chi connectivity index (χ0n) is 21.6. The van der Waals surface area contributed by atoms with Gasteiger partial charge in [-0.1, -0.05) is 54.4 Å². The molecule has 40 heavy (non-hydrogen) atoms. The molecular weight excluding hydrogens is 541 g/mol. The second-order valence-corrected chi connectivity index (χ2v) is 10.3. The minimum atomic E-state index is -4.55. The van der Waals surface area contributed by atoms with Gasteiger partial charge in [0.25, 0.3) is 0 Å². The van der Waals surface area contributed by atoms with Crippen molar-refractivity contribution in [3.05, 3.63) is 99.8 Å². The summed E-state index contributed by atoms with van der Waals surface area (Å²) in [4.78, 5) is 17.5. The molecule has 0 radical (unpaired) electrons. The fraction of sp³-hybridized carbons (Fsp3) is 0.290. The van der Waals surface area contributed by atoms with E-state index in [1.54, 1.807) is 0 Å². The molecule has 1 aromatic heterocycles. The summed E-state index contributed by atoms with van der Waals surface area (Å²) in [5.74, 6) is -0.956. The van der Waals surface area contributed by atoms with Crippen LogP contribution in [-0.4, -0.2) is 42.4 Å². The van der Waals surface area contributed by atoms with Crippen LogP contribution >= 0.6 is 11.6 Å². The Hall–Kier alpha value is -3.62. The summed E-state index contributed by atoms with van der Waals surface area (Å²) in [7, 11) is 0. The number of carbonyl (C=O) groups is 1. The van der Waals surface area contributed by atoms with Crippen LogP contribution in [0.15, 0.2) is 66.9 Å². The fourth-order valence-corrected chi connectivity index (χ4v) is 5.34. The number of hydrogen-bond donors (Lipinski definition) is 1. The number of nitrogens with zero attached hydrogens (tertiary/aromatic N) is 2. The Labute approximate surface area is 235 Å². The first-order valence-electron chi connectivity index (χ1n) is 13.1. The number of anilines is 1. The number of aromatic nitrogens is 1. The number of carboxylic acid groups (broad SMARTS) is 1. The molecule has 0 unspecified atom stereocenters. The minimum Gasteiger partial charge on any atom is -0.478 e. The number of rotatable bonds is 7. The second-order valence-electron chi connectivity index (χ2n) is 9.91. The summed E-state index contributed by atoms with van der Waals surface area (Å²) in [6, 6.07) is 16.5. The van der Waals surface area contributed by atoms with Crippen molar-refractivity contribution in [3.63, 3.8) is 0 Å². The number of morpholine rings is 1. The lowest BCUT2D eigenvalue weighted by Crippen LogP contribution is -2.36. The molecule has 3 aromatic rings. The average Bonchev–Trinajstić information content (AvgIpc) is 2.91. The maximum absolute atomic E-state index is 13.4. The Morgan fingerprint density at radius 1 is 1.02 bits per heavy atom. The number of alkyl halides is 3. The minimum absolute atomic E-state index is 0.0415. The lowest BCUT2D eigenvalue weighted by Gasteiger charge is -2.32. The van der Waals surface area contributed by atoms with Crippen LogP contribution in [0.5, 0.6) is 0 Å². The van der Waals surface area contributed by atoms with Crippen molar-refractivity contribution in [3.8, 4) is 0 Å². The van der Waals surface area contributed by atoms with Crippen LogP contribution in [0, 0.1) is 5.92 Å². The Bertz CT molecular complexity index is 1420. The highest BCUT2D eigenvalue weighted by Gasteiger charge is 2.34. The van der Waals surface area contributed by atoms with Crippen LogP contribution in [0.3, 0.4) is 0 Å². The summed E-state index contributed by atoms with van der Waals surface area (Å²) in [5, 5.41) is 8.94. The third-order valence-electron chi connectivity index (χ3n) is 7.36. The number of hydrogen-bond acceptors (Lipinski definition) is 4. The first kappa shape index (κ1) is 27.9. The molecule has 1 aliphatic carbocycles. The molecule has 0 atom stereocenters. The number of aliphatic carboxylic acids is 1. The Balaban J connectivity index is 1.66. The van der Waals surface area contributed by atoms with E-state index in [0.29, 0.717) is 24.5 Å². The first-order valence-corrected chi connectivity index (χ1v) is 13.5. The van der Waals surface area contributed by atoms with Gasteiger partial charge in [-0.3, -0.25) is 4.98 Å². The van der Waals surface area contributed by atoms with E-state index in [4.69, 9.17) is 21.4 Å². The van der Waals surface area contributed by atoms with E-state index >= 15 is 0 Å². The number of benzene rings is 2. The lowest BCUT2D eigenvalue weighted by atomic mass is 9.74. The highest BCUT2D eigenvalue weighted by Crippen LogP contribution is 2.47. The van der Waals surface area contributed by atoms with Crippen molar-refractivity contribution >= 4 is 40.5 Å². The van der Waals surface area contributed by atoms with Gasteiger partial charge in [0.1, 0.15) is 0 Å². The molecule has 5 nitrogen and oxygen atoms in total. The van der Waals surface area contributed by atoms with Crippen LogP contribution in [0.4, 0.5) is 18.9 Å². The molecule has 1 N–H and O–H groups in total. The fourth-order valence-electron chi connectivity index (χ4n) is 5.07. The van der Waals surface area contributed by atoms with Crippen molar-refractivity contribution in [2.24, 2.45) is 5.92 Å². The molecular formula is C31H28ClF3N2O3. The lowest BCUT2D eigenvalue weighted by molar-refractivity contribution is -0.138. The molecule has 2 heterocycles. The van der Waals surface area contributed by atoms with E-state index in [9.17, 15) is 18.0 Å². The van der Waals surface area contributed by atoms with Crippen molar-refractivity contribution < 1.29 is 27.8 Å². The van der Waals surface area contributed by atoms with Gasteiger partial charge in [-0.25, -0.2) is 4.79 Å². The summed E-state index contributed by atoms with van der Waals surface area (Å²) < 4.78 is 45.7. The van der Waals surface area contributed by atoms with Crippen LogP contribution < -0.4 is 4.90 Å². The van der Waals surface area contributed by atoms with Crippen LogP contribution in [0.2, 0.25) is 5.02 Å². The highest BCUT2D eigenvalue weighted by molar-refractivity contribution is 6.32. The van der Waals surface area contributed by atoms with E-state index in [1.807, 2.05) is 48.5 Å². The van der Waals surface area contributed by atoms with E-state index in [1.165, 1.54) is 6.08 Å². The molecule has 0 spiro atoms. The summed E-state index contributed by atoms with van der Waals surface area (Å²) in [6.07, 6.45) is 1.64. The predicted octanol–water partition coefficient (Wildman–Crippen LogP) is 7.45. The number of carboxylic acids is 1. The van der Waals surface area contributed by atoms with E-state index < -0.39 is 17.7 Å². The predicted molar refractivity (Wildman–Crippen MR) is 150 cm³/mol. The maximum Gasteiger partial charge on any atom is 0.417 e.